The van der Waals surface area contributed by atoms with Crippen molar-refractivity contribution in [3.63, 3.8) is 0 Å². The Kier molecular flexibility index (Phi) is 3.51. The predicted molar refractivity (Wildman–Crippen MR) is 43.7 cm³/mol. The molecule has 1 heterocycles. The molecule has 0 unspecified atom stereocenters. The van der Waals surface area contributed by atoms with Gasteiger partial charge in [-0.2, -0.15) is 18.3 Å². The van der Waals surface area contributed by atoms with E-state index in [4.69, 9.17) is 4.74 Å². The quantitative estimate of drug-likeness (QED) is 0.707. The van der Waals surface area contributed by atoms with E-state index in [0.29, 0.717) is 19.6 Å². The highest BCUT2D eigenvalue weighted by Crippen LogP contribution is 2.27. The molecule has 0 fully saturated rings. The van der Waals surface area contributed by atoms with E-state index in [-0.39, 0.29) is 0 Å². The highest BCUT2D eigenvalue weighted by atomic mass is 19.4. The minimum atomic E-state index is -4.35. The number of methoxy groups -OCH3 is 1. The third kappa shape index (κ3) is 3.02. The molecule has 0 spiro atoms. The lowest BCUT2D eigenvalue weighted by Crippen LogP contribution is -2.08. The molecule has 0 aromatic carbocycles. The Morgan fingerprint density at radius 3 is 2.71 bits per heavy atom. The van der Waals surface area contributed by atoms with E-state index in [9.17, 15) is 13.2 Å². The average Bonchev–Trinajstić information content (AvgIpc) is 2.52. The fraction of sp³-hybridized carbons (Fsp3) is 0.625. The summed E-state index contributed by atoms with van der Waals surface area (Å²) >= 11 is 0. The van der Waals surface area contributed by atoms with Gasteiger partial charge in [0.1, 0.15) is 0 Å². The zero-order valence-corrected chi connectivity index (χ0v) is 7.71. The number of hydrogen-bond acceptors (Lipinski definition) is 2. The summed E-state index contributed by atoms with van der Waals surface area (Å²) in [6.07, 6.45) is -2.39. The van der Waals surface area contributed by atoms with E-state index in [1.165, 1.54) is 10.9 Å². The van der Waals surface area contributed by atoms with E-state index in [0.717, 1.165) is 6.07 Å². The zero-order chi connectivity index (χ0) is 10.6. The maximum atomic E-state index is 12.1. The average molecular weight is 208 g/mol. The van der Waals surface area contributed by atoms with Gasteiger partial charge in [0.25, 0.3) is 0 Å². The Labute approximate surface area is 79.5 Å². The SMILES string of the molecule is COCCCn1ccc(C(F)(F)F)n1. The summed E-state index contributed by atoms with van der Waals surface area (Å²) in [5.74, 6) is 0. The second-order valence-corrected chi connectivity index (χ2v) is 2.81. The Bertz CT molecular complexity index is 282. The minimum Gasteiger partial charge on any atom is -0.385 e. The van der Waals surface area contributed by atoms with E-state index < -0.39 is 11.9 Å². The van der Waals surface area contributed by atoms with Gasteiger partial charge in [-0.3, -0.25) is 4.68 Å². The van der Waals surface area contributed by atoms with Crippen LogP contribution in [0.4, 0.5) is 13.2 Å². The summed E-state index contributed by atoms with van der Waals surface area (Å²) in [7, 11) is 1.55. The minimum absolute atomic E-state index is 0.434. The fourth-order valence-electron chi connectivity index (χ4n) is 1.01. The maximum absolute atomic E-state index is 12.1. The van der Waals surface area contributed by atoms with Crippen LogP contribution in [0.2, 0.25) is 0 Å². The van der Waals surface area contributed by atoms with Crippen LogP contribution in [0.5, 0.6) is 0 Å². The first-order valence-corrected chi connectivity index (χ1v) is 4.13. The number of rotatable bonds is 4. The number of ether oxygens (including phenoxy) is 1. The summed E-state index contributed by atoms with van der Waals surface area (Å²) in [5.41, 5.74) is -0.852. The number of nitrogens with zero attached hydrogens (tertiary/aromatic N) is 2. The first-order chi connectivity index (χ1) is 6.54. The van der Waals surface area contributed by atoms with Crippen molar-refractivity contribution in [1.82, 2.24) is 9.78 Å². The van der Waals surface area contributed by atoms with Crippen molar-refractivity contribution < 1.29 is 17.9 Å². The van der Waals surface area contributed by atoms with Crippen molar-refractivity contribution in [2.45, 2.75) is 19.1 Å². The molecule has 1 rings (SSSR count). The van der Waals surface area contributed by atoms with Gasteiger partial charge in [-0.05, 0) is 12.5 Å². The van der Waals surface area contributed by atoms with E-state index in [2.05, 4.69) is 5.10 Å². The lowest BCUT2D eigenvalue weighted by Gasteiger charge is -2.02. The number of aryl methyl sites for hydroxylation is 1. The van der Waals surface area contributed by atoms with Crippen LogP contribution >= 0.6 is 0 Å². The third-order valence-corrected chi connectivity index (χ3v) is 1.67. The highest BCUT2D eigenvalue weighted by molar-refractivity contribution is 5.02. The Morgan fingerprint density at radius 2 is 2.21 bits per heavy atom. The largest absolute Gasteiger partial charge is 0.435 e. The van der Waals surface area contributed by atoms with Gasteiger partial charge in [-0.25, -0.2) is 0 Å². The van der Waals surface area contributed by atoms with Gasteiger partial charge in [0.15, 0.2) is 5.69 Å². The van der Waals surface area contributed by atoms with Gasteiger partial charge in [0.05, 0.1) is 0 Å². The van der Waals surface area contributed by atoms with Crippen molar-refractivity contribution in [1.29, 1.82) is 0 Å². The van der Waals surface area contributed by atoms with Gasteiger partial charge in [0, 0.05) is 26.5 Å². The van der Waals surface area contributed by atoms with Crippen LogP contribution in [-0.4, -0.2) is 23.5 Å². The number of halogens is 3. The molecule has 14 heavy (non-hydrogen) atoms. The molecule has 0 saturated carbocycles. The molecule has 1 aromatic rings. The van der Waals surface area contributed by atoms with Crippen molar-refractivity contribution in [2.75, 3.05) is 13.7 Å². The topological polar surface area (TPSA) is 27.1 Å². The van der Waals surface area contributed by atoms with Gasteiger partial charge in [0.2, 0.25) is 0 Å². The smallest absolute Gasteiger partial charge is 0.385 e. The van der Waals surface area contributed by atoms with Gasteiger partial charge >= 0.3 is 6.18 Å². The molecule has 0 radical (unpaired) electrons. The summed E-state index contributed by atoms with van der Waals surface area (Å²) in [6, 6.07) is 0.965. The molecule has 1 aromatic heterocycles. The summed E-state index contributed by atoms with van der Waals surface area (Å²) in [5, 5.41) is 3.39. The Hall–Kier alpha value is -1.04. The van der Waals surface area contributed by atoms with Crippen molar-refractivity contribution >= 4 is 0 Å². The Balaban J connectivity index is 2.51. The van der Waals surface area contributed by atoms with Gasteiger partial charge < -0.3 is 4.74 Å². The molecular weight excluding hydrogens is 197 g/mol. The first kappa shape index (κ1) is 11.0. The second-order valence-electron chi connectivity index (χ2n) is 2.81. The van der Waals surface area contributed by atoms with E-state index in [1.54, 1.807) is 7.11 Å². The van der Waals surface area contributed by atoms with Crippen LogP contribution in [0.1, 0.15) is 12.1 Å². The van der Waals surface area contributed by atoms with Crippen LogP contribution < -0.4 is 0 Å². The maximum Gasteiger partial charge on any atom is 0.435 e. The first-order valence-electron chi connectivity index (χ1n) is 4.13. The van der Waals surface area contributed by atoms with Crippen LogP contribution in [0.3, 0.4) is 0 Å². The molecule has 0 saturated heterocycles. The monoisotopic (exact) mass is 208 g/mol. The zero-order valence-electron chi connectivity index (χ0n) is 7.71. The molecule has 0 N–H and O–H groups in total. The molecule has 0 aliphatic carbocycles. The Morgan fingerprint density at radius 1 is 1.50 bits per heavy atom. The van der Waals surface area contributed by atoms with Crippen LogP contribution in [0.15, 0.2) is 12.3 Å². The number of hydrogen-bond donors (Lipinski definition) is 0. The van der Waals surface area contributed by atoms with Crippen LogP contribution in [0, 0.1) is 0 Å². The summed E-state index contributed by atoms with van der Waals surface area (Å²) in [6.45, 7) is 0.950. The second kappa shape index (κ2) is 4.45. The molecule has 3 nitrogen and oxygen atoms in total. The fourth-order valence-corrected chi connectivity index (χ4v) is 1.01. The standard InChI is InChI=1S/C8H11F3N2O/c1-14-6-2-4-13-5-3-7(12-13)8(9,10)11/h3,5H,2,4,6H2,1H3. The normalized spacial score (nSPS) is 12.0. The molecule has 6 heteroatoms. The molecule has 0 amide bonds. The summed E-state index contributed by atoms with van der Waals surface area (Å²) < 4.78 is 42.3. The van der Waals surface area contributed by atoms with E-state index >= 15 is 0 Å². The van der Waals surface area contributed by atoms with Gasteiger partial charge in [-0.15, -0.1) is 0 Å². The third-order valence-electron chi connectivity index (χ3n) is 1.67. The molecule has 0 aliphatic rings. The molecule has 0 atom stereocenters. The molecule has 0 aliphatic heterocycles. The lowest BCUT2D eigenvalue weighted by molar-refractivity contribution is -0.141. The predicted octanol–water partition coefficient (Wildman–Crippen LogP) is 1.94. The van der Waals surface area contributed by atoms with Crippen LogP contribution in [-0.2, 0) is 17.5 Å². The lowest BCUT2D eigenvalue weighted by atomic mass is 10.4. The van der Waals surface area contributed by atoms with E-state index in [1.807, 2.05) is 0 Å². The van der Waals surface area contributed by atoms with Crippen molar-refractivity contribution in [2.24, 2.45) is 0 Å². The van der Waals surface area contributed by atoms with Crippen molar-refractivity contribution in [3.05, 3.63) is 18.0 Å². The van der Waals surface area contributed by atoms with Crippen molar-refractivity contribution in [3.8, 4) is 0 Å². The number of alkyl halides is 3. The number of aromatic nitrogens is 2. The summed E-state index contributed by atoms with van der Waals surface area (Å²) in [4.78, 5) is 0. The van der Waals surface area contributed by atoms with Gasteiger partial charge in [-0.1, -0.05) is 0 Å². The molecular formula is C8H11F3N2O. The molecule has 80 valence electrons. The molecule has 0 bridgehead atoms. The van der Waals surface area contributed by atoms with Crippen LogP contribution in [0.25, 0.3) is 0 Å². The highest BCUT2D eigenvalue weighted by Gasteiger charge is 2.33.